The van der Waals surface area contributed by atoms with Crippen LogP contribution in [0, 0.1) is 28.5 Å². The molecule has 150 valence electrons. The minimum absolute atomic E-state index is 0.0803. The van der Waals surface area contributed by atoms with Gasteiger partial charge in [0.15, 0.2) is 0 Å². The molecule has 31 heavy (non-hydrogen) atoms. The zero-order chi connectivity index (χ0) is 21.5. The van der Waals surface area contributed by atoms with Gasteiger partial charge in [-0.2, -0.15) is 10.5 Å². The summed E-state index contributed by atoms with van der Waals surface area (Å²) in [5.74, 6) is -0.0495. The molecule has 0 radical (unpaired) electrons. The molecule has 5 rings (SSSR count). The van der Waals surface area contributed by atoms with Gasteiger partial charge in [0.05, 0.1) is 22.7 Å². The van der Waals surface area contributed by atoms with Crippen molar-refractivity contribution in [1.29, 1.82) is 10.5 Å². The summed E-state index contributed by atoms with van der Waals surface area (Å²) in [6.07, 6.45) is 2.23. The Balaban J connectivity index is 1.72. The van der Waals surface area contributed by atoms with E-state index in [1.807, 2.05) is 17.0 Å². The van der Waals surface area contributed by atoms with Crippen molar-refractivity contribution in [3.05, 3.63) is 87.6 Å². The third-order valence-corrected chi connectivity index (χ3v) is 5.83. The number of anilines is 1. The number of hydrogen-bond donors (Lipinski definition) is 1. The molecular weight excluding hydrogens is 415 g/mol. The van der Waals surface area contributed by atoms with Gasteiger partial charge in [0.1, 0.15) is 17.6 Å². The summed E-state index contributed by atoms with van der Waals surface area (Å²) in [7, 11) is 0. The summed E-state index contributed by atoms with van der Waals surface area (Å²) >= 11 is 6.05. The maximum atomic E-state index is 14.1. The first-order valence-electron chi connectivity index (χ1n) is 9.58. The molecule has 0 bridgehead atoms. The fraction of sp³-hybridized carbons (Fsp3) is 0.130. The molecule has 1 unspecified atom stereocenters. The topological polar surface area (TPSA) is 92.4 Å². The SMILES string of the molecule is N#Cc1ccc(C2c3[nH]c4cc(F)c(Cl)cc4c3CCN2c2nccc(C#N)n2)cc1. The van der Waals surface area contributed by atoms with E-state index in [2.05, 4.69) is 27.1 Å². The number of aromatic nitrogens is 3. The van der Waals surface area contributed by atoms with Crippen LogP contribution in [-0.4, -0.2) is 21.5 Å². The number of benzene rings is 2. The molecule has 3 heterocycles. The molecule has 2 aromatic carbocycles. The number of nitriles is 2. The smallest absolute Gasteiger partial charge is 0.227 e. The minimum atomic E-state index is -0.482. The summed E-state index contributed by atoms with van der Waals surface area (Å²) in [6.45, 7) is 0.592. The summed E-state index contributed by atoms with van der Waals surface area (Å²) in [4.78, 5) is 14.2. The van der Waals surface area contributed by atoms with Gasteiger partial charge in [0, 0.05) is 29.3 Å². The van der Waals surface area contributed by atoms with Crippen molar-refractivity contribution in [2.75, 3.05) is 11.4 Å². The molecule has 0 aliphatic carbocycles. The largest absolute Gasteiger partial charge is 0.356 e. The maximum Gasteiger partial charge on any atom is 0.227 e. The Morgan fingerprint density at radius 2 is 1.94 bits per heavy atom. The van der Waals surface area contributed by atoms with Crippen LogP contribution in [0.1, 0.15) is 34.1 Å². The molecule has 0 spiro atoms. The van der Waals surface area contributed by atoms with Crippen molar-refractivity contribution in [3.8, 4) is 12.1 Å². The Labute approximate surface area is 182 Å². The van der Waals surface area contributed by atoms with E-state index in [0.29, 0.717) is 30.0 Å². The van der Waals surface area contributed by atoms with Crippen molar-refractivity contribution >= 4 is 28.5 Å². The first kappa shape index (κ1) is 19.0. The number of halogens is 2. The van der Waals surface area contributed by atoms with Gasteiger partial charge in [0.2, 0.25) is 5.95 Å². The van der Waals surface area contributed by atoms with Crippen LogP contribution in [0.15, 0.2) is 48.7 Å². The Morgan fingerprint density at radius 3 is 2.68 bits per heavy atom. The number of rotatable bonds is 2. The van der Waals surface area contributed by atoms with E-state index >= 15 is 0 Å². The van der Waals surface area contributed by atoms with Gasteiger partial charge >= 0.3 is 0 Å². The van der Waals surface area contributed by atoms with E-state index in [4.69, 9.17) is 16.9 Å². The molecule has 1 aliphatic rings. The van der Waals surface area contributed by atoms with Crippen molar-refractivity contribution in [3.63, 3.8) is 0 Å². The Morgan fingerprint density at radius 1 is 1.13 bits per heavy atom. The fourth-order valence-electron chi connectivity index (χ4n) is 4.14. The lowest BCUT2D eigenvalue weighted by atomic mass is 9.92. The number of nitrogens with zero attached hydrogens (tertiary/aromatic N) is 5. The van der Waals surface area contributed by atoms with Gasteiger partial charge in [-0.1, -0.05) is 23.7 Å². The molecule has 0 amide bonds. The normalized spacial score (nSPS) is 15.4. The van der Waals surface area contributed by atoms with Crippen molar-refractivity contribution in [1.82, 2.24) is 15.0 Å². The van der Waals surface area contributed by atoms with Crippen LogP contribution in [0.3, 0.4) is 0 Å². The highest BCUT2D eigenvalue weighted by molar-refractivity contribution is 6.31. The Bertz CT molecular complexity index is 1400. The standard InChI is InChI=1S/C23H14ClFN6/c24-18-9-17-16-6-8-31(23-28-7-5-15(12-27)29-23)22(14-3-1-13(11-26)2-4-14)21(16)30-20(17)10-19(18)25/h1-5,7,9-10,22,30H,6,8H2. The van der Waals surface area contributed by atoms with Crippen molar-refractivity contribution < 1.29 is 4.39 Å². The van der Waals surface area contributed by atoms with Crippen LogP contribution < -0.4 is 4.90 Å². The van der Waals surface area contributed by atoms with Gasteiger partial charge in [0.25, 0.3) is 0 Å². The average molecular weight is 429 g/mol. The second-order valence-electron chi connectivity index (χ2n) is 7.26. The highest BCUT2D eigenvalue weighted by Gasteiger charge is 2.33. The van der Waals surface area contributed by atoms with E-state index < -0.39 is 5.82 Å². The zero-order valence-electron chi connectivity index (χ0n) is 16.1. The molecule has 0 saturated heterocycles. The number of hydrogen-bond acceptors (Lipinski definition) is 5. The third-order valence-electron chi connectivity index (χ3n) is 5.54. The molecule has 6 nitrogen and oxygen atoms in total. The molecule has 4 aromatic rings. The molecule has 1 atom stereocenters. The molecule has 0 saturated carbocycles. The van der Waals surface area contributed by atoms with E-state index in [0.717, 1.165) is 22.2 Å². The highest BCUT2D eigenvalue weighted by Crippen LogP contribution is 2.40. The number of fused-ring (bicyclic) bond motifs is 3. The fourth-order valence-corrected chi connectivity index (χ4v) is 4.30. The van der Waals surface area contributed by atoms with Crippen LogP contribution in [0.4, 0.5) is 10.3 Å². The first-order valence-corrected chi connectivity index (χ1v) is 9.96. The molecule has 8 heteroatoms. The monoisotopic (exact) mass is 428 g/mol. The third kappa shape index (κ3) is 3.16. The summed E-state index contributed by atoms with van der Waals surface area (Å²) in [5, 5.41) is 19.4. The Hall–Kier alpha value is -3.94. The predicted molar refractivity (Wildman–Crippen MR) is 114 cm³/mol. The van der Waals surface area contributed by atoms with E-state index in [-0.39, 0.29) is 16.8 Å². The van der Waals surface area contributed by atoms with Gasteiger partial charge in [-0.3, -0.25) is 0 Å². The second kappa shape index (κ2) is 7.39. The molecule has 1 aliphatic heterocycles. The van der Waals surface area contributed by atoms with Gasteiger partial charge < -0.3 is 9.88 Å². The number of aromatic amines is 1. The lowest BCUT2D eigenvalue weighted by Gasteiger charge is -2.36. The summed E-state index contributed by atoms with van der Waals surface area (Å²) in [5.41, 5.74) is 4.36. The van der Waals surface area contributed by atoms with Crippen LogP contribution in [0.2, 0.25) is 5.02 Å². The number of H-pyrrole nitrogens is 1. The van der Waals surface area contributed by atoms with Gasteiger partial charge in [-0.25, -0.2) is 14.4 Å². The summed E-state index contributed by atoms with van der Waals surface area (Å²) < 4.78 is 14.1. The van der Waals surface area contributed by atoms with Gasteiger partial charge in [-0.15, -0.1) is 0 Å². The summed E-state index contributed by atoms with van der Waals surface area (Å²) in [6, 6.07) is 15.8. The quantitative estimate of drug-likeness (QED) is 0.501. The van der Waals surface area contributed by atoms with Crippen LogP contribution in [0.5, 0.6) is 0 Å². The second-order valence-corrected chi connectivity index (χ2v) is 7.67. The molecule has 2 aromatic heterocycles. The van der Waals surface area contributed by atoms with E-state index in [9.17, 15) is 9.65 Å². The minimum Gasteiger partial charge on any atom is -0.356 e. The maximum absolute atomic E-state index is 14.1. The van der Waals surface area contributed by atoms with E-state index in [1.165, 1.54) is 6.07 Å². The van der Waals surface area contributed by atoms with Crippen molar-refractivity contribution in [2.24, 2.45) is 0 Å². The Kier molecular flexibility index (Phi) is 4.54. The predicted octanol–water partition coefficient (Wildman–Crippen LogP) is 4.65. The lowest BCUT2D eigenvalue weighted by Crippen LogP contribution is -2.37. The zero-order valence-corrected chi connectivity index (χ0v) is 16.9. The van der Waals surface area contributed by atoms with E-state index in [1.54, 1.807) is 30.5 Å². The molecular formula is C23H14ClFN6. The first-order chi connectivity index (χ1) is 15.1. The average Bonchev–Trinajstić information content (AvgIpc) is 3.16. The highest BCUT2D eigenvalue weighted by atomic mass is 35.5. The van der Waals surface area contributed by atoms with Crippen LogP contribution >= 0.6 is 11.6 Å². The lowest BCUT2D eigenvalue weighted by molar-refractivity contribution is 0.625. The van der Waals surface area contributed by atoms with Crippen LogP contribution in [-0.2, 0) is 6.42 Å². The molecule has 1 N–H and O–H groups in total. The molecule has 0 fully saturated rings. The van der Waals surface area contributed by atoms with Crippen molar-refractivity contribution in [2.45, 2.75) is 12.5 Å². The van der Waals surface area contributed by atoms with Crippen LogP contribution in [0.25, 0.3) is 10.9 Å². The number of nitrogens with one attached hydrogen (secondary N) is 1. The van der Waals surface area contributed by atoms with Gasteiger partial charge in [-0.05, 0) is 47.9 Å².